The standard InChI is InChI=1S/C12H16ClN5O4/c13-2-1-12(3-6(20)7(4-19)22-12)18-5-15-8-9(18)16-11(14)17-10(8)21/h5-7,19-20H,1-4H2,(H3,14,16,17,21)/t6-,7+,12+/m0/s1. The topological polar surface area (TPSA) is 139 Å². The first-order valence-electron chi connectivity index (χ1n) is 6.77. The monoisotopic (exact) mass is 329 g/mol. The number of alkyl halides is 1. The lowest BCUT2D eigenvalue weighted by Crippen LogP contribution is -2.35. The van der Waals surface area contributed by atoms with E-state index in [2.05, 4.69) is 15.0 Å². The molecule has 5 N–H and O–H groups in total. The minimum Gasteiger partial charge on any atom is -0.394 e. The Morgan fingerprint density at radius 3 is 3.05 bits per heavy atom. The average molecular weight is 330 g/mol. The van der Waals surface area contributed by atoms with Gasteiger partial charge in [0.25, 0.3) is 5.56 Å². The lowest BCUT2D eigenvalue weighted by molar-refractivity contribution is -0.116. The predicted octanol–water partition coefficient (Wildman–Crippen LogP) is -0.874. The van der Waals surface area contributed by atoms with Crippen molar-refractivity contribution in [2.45, 2.75) is 30.8 Å². The van der Waals surface area contributed by atoms with Crippen LogP contribution in [0.4, 0.5) is 5.95 Å². The maximum Gasteiger partial charge on any atom is 0.280 e. The molecule has 0 unspecified atom stereocenters. The van der Waals surface area contributed by atoms with Crippen molar-refractivity contribution >= 4 is 28.7 Å². The quantitative estimate of drug-likeness (QED) is 0.534. The number of H-pyrrole nitrogens is 1. The molecule has 3 atom stereocenters. The van der Waals surface area contributed by atoms with Gasteiger partial charge < -0.3 is 20.7 Å². The van der Waals surface area contributed by atoms with Crippen LogP contribution in [-0.2, 0) is 10.5 Å². The lowest BCUT2D eigenvalue weighted by Gasteiger charge is -2.30. The van der Waals surface area contributed by atoms with Crippen LogP contribution < -0.4 is 11.3 Å². The molecule has 0 amide bonds. The van der Waals surface area contributed by atoms with Gasteiger partial charge in [-0.05, 0) is 0 Å². The van der Waals surface area contributed by atoms with Crippen LogP contribution in [-0.4, -0.2) is 54.4 Å². The molecule has 2 aromatic heterocycles. The van der Waals surface area contributed by atoms with Crippen molar-refractivity contribution in [2.75, 3.05) is 18.2 Å². The van der Waals surface area contributed by atoms with Crippen molar-refractivity contribution in [3.63, 3.8) is 0 Å². The number of nitrogens with zero attached hydrogens (tertiary/aromatic N) is 3. The van der Waals surface area contributed by atoms with E-state index in [9.17, 15) is 15.0 Å². The predicted molar refractivity (Wildman–Crippen MR) is 78.5 cm³/mol. The third kappa shape index (κ3) is 2.26. The fraction of sp³-hybridized carbons (Fsp3) is 0.583. The highest BCUT2D eigenvalue weighted by Gasteiger charge is 2.47. The van der Waals surface area contributed by atoms with Crippen LogP contribution in [0.25, 0.3) is 11.2 Å². The Morgan fingerprint density at radius 2 is 2.41 bits per heavy atom. The highest BCUT2D eigenvalue weighted by Crippen LogP contribution is 2.39. The van der Waals surface area contributed by atoms with Gasteiger partial charge in [-0.25, -0.2) is 4.98 Å². The third-order valence-electron chi connectivity index (χ3n) is 3.86. The highest BCUT2D eigenvalue weighted by atomic mass is 35.5. The van der Waals surface area contributed by atoms with E-state index >= 15 is 0 Å². The van der Waals surface area contributed by atoms with E-state index in [-0.39, 0.29) is 36.0 Å². The minimum atomic E-state index is -1.03. The molecule has 0 bridgehead atoms. The van der Waals surface area contributed by atoms with Crippen molar-refractivity contribution in [1.82, 2.24) is 19.5 Å². The second-order valence-corrected chi connectivity index (χ2v) is 5.61. The fourth-order valence-corrected chi connectivity index (χ4v) is 3.13. The zero-order valence-corrected chi connectivity index (χ0v) is 12.3. The molecule has 10 heteroatoms. The normalized spacial score (nSPS) is 28.5. The molecular weight excluding hydrogens is 314 g/mol. The molecule has 0 saturated carbocycles. The van der Waals surface area contributed by atoms with Crippen LogP contribution in [0.5, 0.6) is 0 Å². The van der Waals surface area contributed by atoms with Gasteiger partial charge in [-0.1, -0.05) is 0 Å². The van der Waals surface area contributed by atoms with Gasteiger partial charge >= 0.3 is 0 Å². The number of imidazole rings is 1. The summed E-state index contributed by atoms with van der Waals surface area (Å²) >= 11 is 5.87. The molecule has 9 nitrogen and oxygen atoms in total. The second-order valence-electron chi connectivity index (χ2n) is 5.23. The van der Waals surface area contributed by atoms with E-state index in [1.165, 1.54) is 6.33 Å². The van der Waals surface area contributed by atoms with Gasteiger partial charge in [0.1, 0.15) is 6.10 Å². The third-order valence-corrected chi connectivity index (χ3v) is 4.05. The molecular formula is C12H16ClN5O4. The van der Waals surface area contributed by atoms with Gasteiger partial charge in [0.15, 0.2) is 16.9 Å². The van der Waals surface area contributed by atoms with Crippen molar-refractivity contribution < 1.29 is 14.9 Å². The van der Waals surface area contributed by atoms with Gasteiger partial charge in [-0.15, -0.1) is 11.6 Å². The molecule has 1 aliphatic rings. The van der Waals surface area contributed by atoms with E-state index in [1.54, 1.807) is 4.57 Å². The van der Waals surface area contributed by atoms with Gasteiger partial charge in [0.2, 0.25) is 5.95 Å². The first-order valence-corrected chi connectivity index (χ1v) is 7.30. The average Bonchev–Trinajstić information content (AvgIpc) is 3.01. The zero-order valence-electron chi connectivity index (χ0n) is 11.6. The first-order chi connectivity index (χ1) is 10.5. The highest BCUT2D eigenvalue weighted by molar-refractivity contribution is 6.17. The van der Waals surface area contributed by atoms with Crippen LogP contribution >= 0.6 is 11.6 Å². The Kier molecular flexibility index (Phi) is 3.81. The van der Waals surface area contributed by atoms with E-state index in [1.807, 2.05) is 0 Å². The SMILES string of the molecule is Nc1nc2c(ncn2[C@@]2(CCCl)C[C@H](O)[C@@H](CO)O2)c(=O)[nH]1. The van der Waals surface area contributed by atoms with Crippen LogP contribution in [0, 0.1) is 0 Å². The van der Waals surface area contributed by atoms with Crippen LogP contribution in [0.1, 0.15) is 12.8 Å². The summed E-state index contributed by atoms with van der Waals surface area (Å²) in [6.07, 6.45) is 0.364. The van der Waals surface area contributed by atoms with E-state index in [0.717, 1.165) is 0 Å². The molecule has 1 saturated heterocycles. The number of hydrogen-bond acceptors (Lipinski definition) is 7. The summed E-state index contributed by atoms with van der Waals surface area (Å²) in [6.45, 7) is -0.325. The van der Waals surface area contributed by atoms with Gasteiger partial charge in [0, 0.05) is 18.7 Å². The smallest absolute Gasteiger partial charge is 0.280 e. The molecule has 0 spiro atoms. The van der Waals surface area contributed by atoms with Crippen molar-refractivity contribution in [2.24, 2.45) is 0 Å². The molecule has 0 aliphatic carbocycles. The first kappa shape index (κ1) is 15.2. The Labute approximate surface area is 129 Å². The number of halogens is 1. The van der Waals surface area contributed by atoms with Crippen molar-refractivity contribution in [3.8, 4) is 0 Å². The van der Waals surface area contributed by atoms with Crippen LogP contribution in [0.15, 0.2) is 11.1 Å². The number of aromatic nitrogens is 4. The Balaban J connectivity index is 2.16. The molecule has 120 valence electrons. The number of aromatic amines is 1. The zero-order chi connectivity index (χ0) is 15.9. The van der Waals surface area contributed by atoms with Gasteiger partial charge in [0.05, 0.1) is 19.0 Å². The molecule has 3 heterocycles. The summed E-state index contributed by atoms with van der Waals surface area (Å²) in [7, 11) is 0. The van der Waals surface area contributed by atoms with Gasteiger partial charge in [-0.3, -0.25) is 14.3 Å². The van der Waals surface area contributed by atoms with Crippen LogP contribution in [0.2, 0.25) is 0 Å². The Bertz CT molecular complexity index is 747. The number of aliphatic hydroxyl groups excluding tert-OH is 2. The number of fused-ring (bicyclic) bond motifs is 1. The number of nitrogens with two attached hydrogens (primary N) is 1. The van der Waals surface area contributed by atoms with E-state index < -0.39 is 23.5 Å². The second kappa shape index (κ2) is 5.51. The number of aliphatic hydroxyl groups is 2. The molecule has 2 aromatic rings. The maximum absolute atomic E-state index is 11.9. The number of ether oxygens (including phenoxy) is 1. The largest absolute Gasteiger partial charge is 0.394 e. The molecule has 0 radical (unpaired) electrons. The van der Waals surface area contributed by atoms with Crippen molar-refractivity contribution in [3.05, 3.63) is 16.7 Å². The number of rotatable bonds is 4. The summed E-state index contributed by atoms with van der Waals surface area (Å²) in [5.74, 6) is 0.209. The Hall–Kier alpha value is -1.68. The van der Waals surface area contributed by atoms with Crippen molar-refractivity contribution in [1.29, 1.82) is 0 Å². The number of hydrogen-bond donors (Lipinski definition) is 4. The Morgan fingerprint density at radius 1 is 1.64 bits per heavy atom. The summed E-state index contributed by atoms with van der Waals surface area (Å²) in [4.78, 5) is 22.4. The van der Waals surface area contributed by atoms with E-state index in [0.29, 0.717) is 6.42 Å². The molecule has 22 heavy (non-hydrogen) atoms. The van der Waals surface area contributed by atoms with Gasteiger partial charge in [-0.2, -0.15) is 4.98 Å². The maximum atomic E-state index is 11.9. The summed E-state index contributed by atoms with van der Waals surface area (Å²) in [6, 6.07) is 0. The summed E-state index contributed by atoms with van der Waals surface area (Å²) in [5.41, 5.74) is 4.46. The van der Waals surface area contributed by atoms with E-state index in [4.69, 9.17) is 22.1 Å². The number of anilines is 1. The molecule has 0 aromatic carbocycles. The summed E-state index contributed by atoms with van der Waals surface area (Å²) < 4.78 is 7.38. The molecule has 1 aliphatic heterocycles. The van der Waals surface area contributed by atoms with Crippen LogP contribution in [0.3, 0.4) is 0 Å². The number of nitrogens with one attached hydrogen (secondary N) is 1. The summed E-state index contributed by atoms with van der Waals surface area (Å²) in [5, 5.41) is 19.4. The molecule has 3 rings (SSSR count). The minimum absolute atomic E-state index is 0.0440. The number of nitrogen functional groups attached to an aromatic ring is 1. The molecule has 1 fully saturated rings. The fourth-order valence-electron chi connectivity index (χ4n) is 2.83. The lowest BCUT2D eigenvalue weighted by atomic mass is 10.0.